The van der Waals surface area contributed by atoms with E-state index < -0.39 is 24.3 Å². The van der Waals surface area contributed by atoms with Gasteiger partial charge >= 0.3 is 17.9 Å². The summed E-state index contributed by atoms with van der Waals surface area (Å²) in [5.74, 6) is -2.00. The normalized spacial score (nSPS) is 13.4. The van der Waals surface area contributed by atoms with Crippen LogP contribution in [0.15, 0.2) is 134 Å². The first-order valence-corrected chi connectivity index (χ1v) is 38.3. The van der Waals surface area contributed by atoms with E-state index in [2.05, 4.69) is 148 Å². The van der Waals surface area contributed by atoms with E-state index in [1.54, 1.807) is 0 Å². The van der Waals surface area contributed by atoms with Crippen LogP contribution in [0.1, 0.15) is 322 Å². The summed E-state index contributed by atoms with van der Waals surface area (Å²) in [6.45, 7) is 4.77. The number of unbranched alkanes of at least 4 members (excludes halogenated alkanes) is 33. The smallest absolute Gasteiger partial charge is 0.361 e. The number of nitrogens with zero attached hydrogens (tertiary/aromatic N) is 1. The highest BCUT2D eigenvalue weighted by Crippen LogP contribution is 2.18. The molecule has 0 amide bonds. The number of esters is 2. The third kappa shape index (κ3) is 74.7. The first kappa shape index (κ1) is 88.4. The van der Waals surface area contributed by atoms with E-state index in [0.717, 1.165) is 103 Å². The van der Waals surface area contributed by atoms with Gasteiger partial charge in [0, 0.05) is 12.8 Å². The first-order valence-electron chi connectivity index (χ1n) is 38.3. The molecular weight excluding hydrogens is 1150 g/mol. The number of carboxylic acids is 1. The zero-order valence-corrected chi connectivity index (χ0v) is 60.9. The second kappa shape index (κ2) is 73.2. The van der Waals surface area contributed by atoms with Crippen LogP contribution in [0.4, 0.5) is 0 Å². The molecule has 0 aliphatic heterocycles. The number of hydrogen-bond acceptors (Lipinski definition) is 7. The third-order valence-corrected chi connectivity index (χ3v) is 16.4. The van der Waals surface area contributed by atoms with Crippen molar-refractivity contribution in [3.8, 4) is 0 Å². The molecule has 93 heavy (non-hydrogen) atoms. The van der Waals surface area contributed by atoms with Crippen LogP contribution in [0, 0.1) is 0 Å². The Bertz CT molecular complexity index is 2000. The van der Waals surface area contributed by atoms with E-state index in [1.807, 2.05) is 21.1 Å². The summed E-state index contributed by atoms with van der Waals surface area (Å²) < 4.78 is 23.0. The molecule has 0 saturated heterocycles. The van der Waals surface area contributed by atoms with E-state index in [4.69, 9.17) is 18.9 Å². The van der Waals surface area contributed by atoms with Crippen molar-refractivity contribution >= 4 is 17.9 Å². The third-order valence-electron chi connectivity index (χ3n) is 16.4. The van der Waals surface area contributed by atoms with Crippen molar-refractivity contribution in [2.24, 2.45) is 0 Å². The van der Waals surface area contributed by atoms with Crippen LogP contribution in [-0.2, 0) is 33.3 Å². The average Bonchev–Trinajstić information content (AvgIpc) is 3.38. The molecule has 1 N–H and O–H groups in total. The molecule has 9 heteroatoms. The monoisotopic (exact) mass is 1300 g/mol. The van der Waals surface area contributed by atoms with Gasteiger partial charge in [0.25, 0.3) is 6.29 Å². The highest BCUT2D eigenvalue weighted by atomic mass is 16.7. The van der Waals surface area contributed by atoms with Crippen LogP contribution in [0.3, 0.4) is 0 Å². The van der Waals surface area contributed by atoms with Gasteiger partial charge in [0.15, 0.2) is 6.10 Å². The summed E-state index contributed by atoms with van der Waals surface area (Å²) in [4.78, 5) is 37.7. The van der Waals surface area contributed by atoms with Crippen LogP contribution < -0.4 is 0 Å². The lowest BCUT2D eigenvalue weighted by Crippen LogP contribution is -2.40. The van der Waals surface area contributed by atoms with Crippen molar-refractivity contribution in [2.45, 2.75) is 334 Å². The van der Waals surface area contributed by atoms with Crippen molar-refractivity contribution in [3.05, 3.63) is 134 Å². The molecule has 0 spiro atoms. The number of carbonyl (C=O) groups excluding carboxylic acids is 2. The van der Waals surface area contributed by atoms with Gasteiger partial charge in [-0.3, -0.25) is 9.59 Å². The quantitative estimate of drug-likeness (QED) is 0.0211. The van der Waals surface area contributed by atoms with Gasteiger partial charge in [-0.2, -0.15) is 0 Å². The van der Waals surface area contributed by atoms with Gasteiger partial charge in [-0.25, -0.2) is 4.79 Å². The number of rotatable bonds is 70. The molecule has 2 unspecified atom stereocenters. The molecule has 0 aliphatic carbocycles. The van der Waals surface area contributed by atoms with E-state index >= 15 is 0 Å². The highest BCUT2D eigenvalue weighted by Gasteiger charge is 2.25. The van der Waals surface area contributed by atoms with Crippen molar-refractivity contribution in [2.75, 3.05) is 47.5 Å². The van der Waals surface area contributed by atoms with Crippen molar-refractivity contribution < 1.29 is 42.9 Å². The van der Waals surface area contributed by atoms with Gasteiger partial charge in [-0.05, 0) is 116 Å². The topological polar surface area (TPSA) is 108 Å². The number of carboxylic acid groups (broad SMARTS) is 1. The summed E-state index contributed by atoms with van der Waals surface area (Å²) in [6.07, 6.45) is 103. The second-order valence-corrected chi connectivity index (χ2v) is 26.6. The van der Waals surface area contributed by atoms with Crippen LogP contribution in [0.25, 0.3) is 0 Å². The number of hydrogen-bond donors (Lipinski definition) is 1. The number of quaternary nitrogens is 1. The van der Waals surface area contributed by atoms with Gasteiger partial charge in [-0.15, -0.1) is 0 Å². The van der Waals surface area contributed by atoms with E-state index in [-0.39, 0.29) is 32.2 Å². The maximum Gasteiger partial charge on any atom is 0.361 e. The number of ether oxygens (including phenoxy) is 4. The van der Waals surface area contributed by atoms with Gasteiger partial charge in [0.05, 0.1) is 34.4 Å². The van der Waals surface area contributed by atoms with Crippen molar-refractivity contribution in [1.29, 1.82) is 0 Å². The first-order chi connectivity index (χ1) is 45.6. The standard InChI is InChI=1S/C84H143NO8/c1-6-8-10-12-14-16-18-20-22-24-26-28-30-32-34-36-37-38-39-40-41-42-43-44-45-47-49-51-53-55-57-59-61-63-65-67-69-71-73-75-82(87)93-80(79-92-84(83(88)89)90-77-76-85(3,4)5)78-91-81(86)74-72-70-68-66-64-62-60-58-56-54-52-50-48-46-35-33-31-29-27-25-23-21-19-17-15-13-11-9-7-2/h8,10,14,16,19-22,25-28,31-34,37-38,40-41,43-44,80,84H,6-7,9,11-13,15,17-18,23-24,29-30,35-36,39,42,45-79H2,1-5H3/p+1/b10-8-,16-14-,21-19-,22-20-,27-25-,28-26-,33-31-,34-32-,38-37-,41-40-,44-43-. The zero-order valence-electron chi connectivity index (χ0n) is 60.9. The van der Waals surface area contributed by atoms with E-state index in [9.17, 15) is 19.5 Å². The molecule has 0 aliphatic rings. The molecule has 9 nitrogen and oxygen atoms in total. The molecule has 0 aromatic rings. The lowest BCUT2D eigenvalue weighted by atomic mass is 10.0. The Labute approximate surface area is 573 Å². The van der Waals surface area contributed by atoms with Gasteiger partial charge < -0.3 is 28.5 Å². The van der Waals surface area contributed by atoms with Crippen molar-refractivity contribution in [1.82, 2.24) is 0 Å². The van der Waals surface area contributed by atoms with Crippen molar-refractivity contribution in [3.63, 3.8) is 0 Å². The fourth-order valence-corrected chi connectivity index (χ4v) is 10.6. The Morgan fingerprint density at radius 1 is 0.333 bits per heavy atom. The maximum atomic E-state index is 13.0. The van der Waals surface area contributed by atoms with Gasteiger partial charge in [0.2, 0.25) is 0 Å². The lowest BCUT2D eigenvalue weighted by molar-refractivity contribution is -0.870. The number of likely N-dealkylation sites (N-methyl/N-ethyl adjacent to an activating group) is 1. The van der Waals surface area contributed by atoms with Crippen LogP contribution in [-0.4, -0.2) is 87.4 Å². The highest BCUT2D eigenvalue weighted by molar-refractivity contribution is 5.71. The maximum absolute atomic E-state index is 13.0. The number of carbonyl (C=O) groups is 3. The summed E-state index contributed by atoms with van der Waals surface area (Å²) in [6, 6.07) is 0. The Morgan fingerprint density at radius 3 is 0.914 bits per heavy atom. The number of aliphatic carboxylic acids is 1. The Morgan fingerprint density at radius 2 is 0.613 bits per heavy atom. The van der Waals surface area contributed by atoms with Gasteiger partial charge in [0.1, 0.15) is 13.2 Å². The van der Waals surface area contributed by atoms with Crippen LogP contribution in [0.5, 0.6) is 0 Å². The minimum atomic E-state index is -1.52. The van der Waals surface area contributed by atoms with E-state index in [0.29, 0.717) is 23.9 Å². The molecule has 0 bridgehead atoms. The molecule has 0 rings (SSSR count). The summed E-state index contributed by atoms with van der Waals surface area (Å²) in [7, 11) is 5.98. The Kier molecular flexibility index (Phi) is 69.6. The van der Waals surface area contributed by atoms with E-state index in [1.165, 1.54) is 186 Å². The van der Waals surface area contributed by atoms with Crippen LogP contribution in [0.2, 0.25) is 0 Å². The lowest BCUT2D eigenvalue weighted by Gasteiger charge is -2.25. The predicted octanol–water partition coefficient (Wildman–Crippen LogP) is 24.5. The minimum absolute atomic E-state index is 0.183. The Balaban J connectivity index is 4.08. The predicted molar refractivity (Wildman–Crippen MR) is 401 cm³/mol. The summed E-state index contributed by atoms with van der Waals surface area (Å²) >= 11 is 0. The molecule has 532 valence electrons. The average molecular weight is 1300 g/mol. The number of allylic oxidation sites excluding steroid dienone is 22. The minimum Gasteiger partial charge on any atom is -0.477 e. The summed E-state index contributed by atoms with van der Waals surface area (Å²) in [5.41, 5.74) is 0. The summed E-state index contributed by atoms with van der Waals surface area (Å²) in [5, 5.41) is 9.77. The molecule has 2 atom stereocenters. The van der Waals surface area contributed by atoms with Crippen LogP contribution >= 0.6 is 0 Å². The Hall–Kier alpha value is -4.57. The largest absolute Gasteiger partial charge is 0.477 e. The fraction of sp³-hybridized carbons (Fsp3) is 0.702. The molecule has 0 saturated carbocycles. The molecule has 0 aromatic carbocycles. The molecule has 0 aromatic heterocycles. The molecule has 0 heterocycles. The second-order valence-electron chi connectivity index (χ2n) is 26.6. The molecular formula is C84H144NO8+. The van der Waals surface area contributed by atoms with Gasteiger partial charge in [-0.1, -0.05) is 327 Å². The molecule has 0 fully saturated rings. The SMILES string of the molecule is CC/C=C\C/C=C\C/C=C\C/C=C\C/C=C\C/C=C\C/C=C\C/C=C\CCCCCCCCCCCCCCCCC(=O)OC(COC(=O)CCCCCCCCCCCCCCCC/C=C\C/C=C\C/C=C\CCCCCCC)COC(OCC[N+](C)(C)C)C(=O)O. The molecule has 0 radical (unpaired) electrons. The zero-order chi connectivity index (χ0) is 67.5. The fourth-order valence-electron chi connectivity index (χ4n) is 10.6.